The molecule has 0 aliphatic rings. The van der Waals surface area contributed by atoms with E-state index < -0.39 is 11.8 Å². The molecule has 3 aromatic carbocycles. The van der Waals surface area contributed by atoms with Gasteiger partial charge in [-0.2, -0.15) is 0 Å². The van der Waals surface area contributed by atoms with Crippen LogP contribution in [0.5, 0.6) is 0 Å². The molecule has 4 nitrogen and oxygen atoms in total. The van der Waals surface area contributed by atoms with Crippen LogP contribution < -0.4 is 0 Å². The van der Waals surface area contributed by atoms with Gasteiger partial charge in [-0.3, -0.25) is 4.79 Å². The molecule has 0 aliphatic carbocycles. The first-order chi connectivity index (χ1) is 14.1. The second kappa shape index (κ2) is 12.5. The highest BCUT2D eigenvalue weighted by atomic mass is 35.5. The van der Waals surface area contributed by atoms with E-state index in [2.05, 4.69) is 12.1 Å². The smallest absolute Gasteiger partial charge is 0.372 e. The van der Waals surface area contributed by atoms with Gasteiger partial charge in [0.05, 0.1) is 6.61 Å². The maximum Gasteiger partial charge on any atom is 0.372 e. The van der Waals surface area contributed by atoms with E-state index >= 15 is 0 Å². The van der Waals surface area contributed by atoms with Crippen LogP contribution in [0.1, 0.15) is 18.4 Å². The molecule has 0 bridgehead atoms. The Bertz CT molecular complexity index is 878. The lowest BCUT2D eigenvalue weighted by Crippen LogP contribution is -2.12. The molecule has 1 N–H and O–H groups in total. The summed E-state index contributed by atoms with van der Waals surface area (Å²) in [6, 6.07) is 27.8. The van der Waals surface area contributed by atoms with E-state index in [1.165, 1.54) is 11.1 Å². The number of carbonyl (C=O) groups excluding carboxylic acids is 1. The van der Waals surface area contributed by atoms with E-state index in [0.29, 0.717) is 19.6 Å². The van der Waals surface area contributed by atoms with Crippen LogP contribution in [0.25, 0.3) is 11.1 Å². The summed E-state index contributed by atoms with van der Waals surface area (Å²) in [4.78, 5) is 20.9. The van der Waals surface area contributed by atoms with Crippen LogP contribution >= 0.6 is 11.6 Å². The number of ketones is 1. The van der Waals surface area contributed by atoms with Crippen LogP contribution in [0.3, 0.4) is 0 Å². The van der Waals surface area contributed by atoms with Gasteiger partial charge in [0.1, 0.15) is 0 Å². The van der Waals surface area contributed by atoms with Crippen molar-refractivity contribution in [3.8, 4) is 11.1 Å². The van der Waals surface area contributed by atoms with Crippen LogP contribution in [0, 0.1) is 0 Å². The number of carbonyl (C=O) groups is 2. The Balaban J connectivity index is 0.000000211. The van der Waals surface area contributed by atoms with Gasteiger partial charge in [0.2, 0.25) is 5.78 Å². The van der Waals surface area contributed by atoms with Crippen molar-refractivity contribution in [2.75, 3.05) is 6.61 Å². The third-order valence-corrected chi connectivity index (χ3v) is 4.25. The number of rotatable bonds is 8. The highest BCUT2D eigenvalue weighted by Gasteiger charge is 2.09. The summed E-state index contributed by atoms with van der Waals surface area (Å²) in [5.74, 6) is -2.13. The van der Waals surface area contributed by atoms with E-state index in [9.17, 15) is 9.59 Å². The van der Waals surface area contributed by atoms with E-state index in [4.69, 9.17) is 21.4 Å². The molecule has 0 saturated heterocycles. The number of Topliss-reactive ketones (excluding diaryl/α,β-unsaturated/α-hetero) is 1. The molecule has 150 valence electrons. The van der Waals surface area contributed by atoms with Crippen molar-refractivity contribution in [3.05, 3.63) is 95.5 Å². The molecule has 3 rings (SSSR count). The number of hydrogen-bond acceptors (Lipinski definition) is 3. The van der Waals surface area contributed by atoms with Gasteiger partial charge in [-0.15, -0.1) is 0 Å². The van der Waals surface area contributed by atoms with Crippen molar-refractivity contribution < 1.29 is 19.4 Å². The number of halogens is 1. The van der Waals surface area contributed by atoms with Crippen LogP contribution in [0.2, 0.25) is 5.02 Å². The minimum absolute atomic E-state index is 0.0319. The van der Waals surface area contributed by atoms with Crippen LogP contribution in [0.4, 0.5) is 0 Å². The fourth-order valence-corrected chi connectivity index (χ4v) is 2.60. The second-order valence-corrected chi connectivity index (χ2v) is 6.68. The Labute approximate surface area is 175 Å². The lowest BCUT2D eigenvalue weighted by Gasteiger charge is -2.02. The summed E-state index contributed by atoms with van der Waals surface area (Å²) in [6.07, 6.45) is 0.474. The summed E-state index contributed by atoms with van der Waals surface area (Å²) < 4.78 is 5.30. The maximum absolute atomic E-state index is 10.7. The SMILES string of the molecule is Clc1ccc(-c2ccccc2)cc1.O=C(O)C(=O)CCCOCc1ccccc1. The molecule has 0 radical (unpaired) electrons. The molecular formula is C24H23ClO4. The van der Waals surface area contributed by atoms with Gasteiger partial charge < -0.3 is 9.84 Å². The first-order valence-corrected chi connectivity index (χ1v) is 9.63. The van der Waals surface area contributed by atoms with Crippen LogP contribution in [0.15, 0.2) is 84.9 Å². The molecule has 0 heterocycles. The molecule has 0 aromatic heterocycles. The van der Waals surface area contributed by atoms with E-state index in [1.54, 1.807) is 0 Å². The van der Waals surface area contributed by atoms with Crippen molar-refractivity contribution >= 4 is 23.4 Å². The summed E-state index contributed by atoms with van der Waals surface area (Å²) in [6.45, 7) is 0.885. The van der Waals surface area contributed by atoms with Gasteiger partial charge >= 0.3 is 5.97 Å². The maximum atomic E-state index is 10.7. The molecule has 0 spiro atoms. The topological polar surface area (TPSA) is 63.6 Å². The lowest BCUT2D eigenvalue weighted by atomic mass is 10.1. The van der Waals surface area contributed by atoms with E-state index in [-0.39, 0.29) is 6.42 Å². The van der Waals surface area contributed by atoms with Crippen molar-refractivity contribution in [1.82, 2.24) is 0 Å². The minimum Gasteiger partial charge on any atom is -0.476 e. The average molecular weight is 411 g/mol. The molecule has 0 unspecified atom stereocenters. The Hall–Kier alpha value is -2.95. The first-order valence-electron chi connectivity index (χ1n) is 9.25. The zero-order valence-corrected chi connectivity index (χ0v) is 16.7. The normalized spacial score (nSPS) is 9.97. The van der Waals surface area contributed by atoms with Crippen molar-refractivity contribution in [2.45, 2.75) is 19.4 Å². The highest BCUT2D eigenvalue weighted by molar-refractivity contribution is 6.32. The van der Waals surface area contributed by atoms with Gasteiger partial charge in [-0.25, -0.2) is 4.79 Å². The number of hydrogen-bond donors (Lipinski definition) is 1. The molecule has 0 amide bonds. The van der Waals surface area contributed by atoms with Crippen LogP contribution in [-0.2, 0) is 20.9 Å². The molecule has 0 aliphatic heterocycles. The van der Waals surface area contributed by atoms with E-state index in [0.717, 1.165) is 10.6 Å². The Morgan fingerprint density at radius 1 is 0.793 bits per heavy atom. The lowest BCUT2D eigenvalue weighted by molar-refractivity contribution is -0.149. The van der Waals surface area contributed by atoms with Crippen LogP contribution in [-0.4, -0.2) is 23.5 Å². The molecule has 29 heavy (non-hydrogen) atoms. The van der Waals surface area contributed by atoms with Gasteiger partial charge in [-0.05, 0) is 35.2 Å². The second-order valence-electron chi connectivity index (χ2n) is 6.24. The molecule has 3 aromatic rings. The zero-order valence-electron chi connectivity index (χ0n) is 16.0. The fourth-order valence-electron chi connectivity index (χ4n) is 2.48. The Kier molecular flexibility index (Phi) is 9.63. The number of benzene rings is 3. The summed E-state index contributed by atoms with van der Waals surface area (Å²) >= 11 is 5.80. The predicted molar refractivity (Wildman–Crippen MR) is 115 cm³/mol. The van der Waals surface area contributed by atoms with Crippen molar-refractivity contribution in [3.63, 3.8) is 0 Å². The Morgan fingerprint density at radius 3 is 1.93 bits per heavy atom. The molecule has 5 heteroatoms. The number of carboxylic acid groups (broad SMARTS) is 1. The van der Waals surface area contributed by atoms with Gasteiger partial charge in [0, 0.05) is 18.1 Å². The molecule has 0 atom stereocenters. The van der Waals surface area contributed by atoms with E-state index in [1.807, 2.05) is 72.8 Å². The third kappa shape index (κ3) is 8.73. The first kappa shape index (κ1) is 22.3. The highest BCUT2D eigenvalue weighted by Crippen LogP contribution is 2.20. The monoisotopic (exact) mass is 410 g/mol. The molecular weight excluding hydrogens is 388 g/mol. The van der Waals surface area contributed by atoms with Crippen molar-refractivity contribution in [2.24, 2.45) is 0 Å². The van der Waals surface area contributed by atoms with Gasteiger partial charge in [0.15, 0.2) is 0 Å². The largest absolute Gasteiger partial charge is 0.476 e. The fraction of sp³-hybridized carbons (Fsp3) is 0.167. The minimum atomic E-state index is -1.37. The summed E-state index contributed by atoms with van der Waals surface area (Å²) in [5, 5.41) is 9.10. The standard InChI is InChI=1S/C12H9Cl.C12H14O4/c13-12-8-6-11(7-9-12)10-4-2-1-3-5-10;13-11(12(14)15)7-4-8-16-9-10-5-2-1-3-6-10/h1-9H;1-3,5-6H,4,7-9H2,(H,14,15). The van der Waals surface area contributed by atoms with Crippen molar-refractivity contribution in [1.29, 1.82) is 0 Å². The van der Waals surface area contributed by atoms with Gasteiger partial charge in [-0.1, -0.05) is 84.4 Å². The summed E-state index contributed by atoms with van der Waals surface area (Å²) in [7, 11) is 0. The van der Waals surface area contributed by atoms with Gasteiger partial charge in [0.25, 0.3) is 0 Å². The summed E-state index contributed by atoms with van der Waals surface area (Å²) in [5.41, 5.74) is 3.48. The number of aliphatic carboxylic acids is 1. The Morgan fingerprint density at radius 2 is 1.34 bits per heavy atom. The zero-order chi connectivity index (χ0) is 20.9. The number of ether oxygens (including phenoxy) is 1. The number of carboxylic acids is 1. The predicted octanol–water partition coefficient (Wildman–Crippen LogP) is 5.64. The quantitative estimate of drug-likeness (QED) is 0.385. The molecule has 0 fully saturated rings. The molecule has 0 saturated carbocycles. The third-order valence-electron chi connectivity index (χ3n) is 3.99. The average Bonchev–Trinajstić information content (AvgIpc) is 2.75.